The molecule has 0 aliphatic carbocycles. The number of aromatic nitrogens is 2. The molecule has 0 saturated heterocycles. The largest absolute Gasteiger partial charge is 0.497 e. The Morgan fingerprint density at radius 3 is 2.50 bits per heavy atom. The molecule has 0 fully saturated rings. The highest BCUT2D eigenvalue weighted by atomic mass is 79.9. The summed E-state index contributed by atoms with van der Waals surface area (Å²) >= 11 is 3.46. The van der Waals surface area contributed by atoms with Gasteiger partial charge in [-0.25, -0.2) is 9.97 Å². The predicted molar refractivity (Wildman–Crippen MR) is 123 cm³/mol. The number of fused-ring (bicyclic) bond motifs is 1. The molecule has 0 aliphatic heterocycles. The zero-order valence-electron chi connectivity index (χ0n) is 16.5. The lowest BCUT2D eigenvalue weighted by molar-refractivity contribution is 0.394. The molecule has 0 atom stereocenters. The molecule has 0 bridgehead atoms. The van der Waals surface area contributed by atoms with Gasteiger partial charge >= 0.3 is 0 Å². The zero-order chi connectivity index (χ0) is 20.9. The predicted octanol–water partition coefficient (Wildman–Crippen LogP) is 5.52. The summed E-state index contributed by atoms with van der Waals surface area (Å²) in [6, 6.07) is 21.3. The summed E-state index contributed by atoms with van der Waals surface area (Å²) in [5.41, 5.74) is 5.64. The van der Waals surface area contributed by atoms with E-state index in [1.807, 2.05) is 66.7 Å². The number of para-hydroxylation sites is 1. The van der Waals surface area contributed by atoms with Crippen molar-refractivity contribution in [3.63, 3.8) is 0 Å². The lowest BCUT2D eigenvalue weighted by Crippen LogP contribution is -2.00. The molecule has 0 aliphatic rings. The summed E-state index contributed by atoms with van der Waals surface area (Å²) in [6.45, 7) is 0. The fourth-order valence-corrected chi connectivity index (χ4v) is 3.24. The number of rotatable bonds is 6. The van der Waals surface area contributed by atoms with Crippen LogP contribution in [0.3, 0.4) is 0 Å². The molecule has 150 valence electrons. The standard InChI is InChI=1S/C23H19BrN4O2/c1-29-18-12-9-16(21(13-18)30-2)14-25-28-23-19-5-3-4-6-20(19)26-22(27-23)15-7-10-17(24)11-8-15/h3-14H,1-2H3,(H,26,27,28). The summed E-state index contributed by atoms with van der Waals surface area (Å²) in [4.78, 5) is 9.40. The van der Waals surface area contributed by atoms with Crippen LogP contribution in [-0.2, 0) is 0 Å². The molecule has 0 unspecified atom stereocenters. The molecule has 0 spiro atoms. The van der Waals surface area contributed by atoms with E-state index in [4.69, 9.17) is 19.4 Å². The summed E-state index contributed by atoms with van der Waals surface area (Å²) in [5, 5.41) is 5.27. The number of halogens is 1. The van der Waals surface area contributed by atoms with Crippen LogP contribution in [0, 0.1) is 0 Å². The third-order valence-electron chi connectivity index (χ3n) is 4.52. The van der Waals surface area contributed by atoms with Crippen molar-refractivity contribution in [3.05, 3.63) is 76.8 Å². The van der Waals surface area contributed by atoms with Gasteiger partial charge in [-0.2, -0.15) is 5.10 Å². The van der Waals surface area contributed by atoms with E-state index >= 15 is 0 Å². The van der Waals surface area contributed by atoms with Gasteiger partial charge in [-0.15, -0.1) is 0 Å². The second-order valence-corrected chi connectivity index (χ2v) is 7.31. The van der Waals surface area contributed by atoms with Gasteiger partial charge in [0.05, 0.1) is 26.0 Å². The monoisotopic (exact) mass is 462 g/mol. The quantitative estimate of drug-likeness (QED) is 0.301. The van der Waals surface area contributed by atoms with Crippen molar-refractivity contribution in [2.45, 2.75) is 0 Å². The van der Waals surface area contributed by atoms with E-state index in [-0.39, 0.29) is 0 Å². The number of hydrogen-bond acceptors (Lipinski definition) is 6. The maximum Gasteiger partial charge on any atom is 0.162 e. The number of nitrogens with one attached hydrogen (secondary N) is 1. The van der Waals surface area contributed by atoms with E-state index in [0.29, 0.717) is 17.4 Å². The second kappa shape index (κ2) is 8.92. The molecule has 1 heterocycles. The van der Waals surface area contributed by atoms with E-state index < -0.39 is 0 Å². The average molecular weight is 463 g/mol. The first kappa shape index (κ1) is 19.8. The number of nitrogens with zero attached hydrogens (tertiary/aromatic N) is 3. The van der Waals surface area contributed by atoms with Gasteiger partial charge in [0, 0.05) is 27.1 Å². The fourth-order valence-electron chi connectivity index (χ4n) is 2.98. The van der Waals surface area contributed by atoms with Crippen molar-refractivity contribution in [1.82, 2.24) is 9.97 Å². The summed E-state index contributed by atoms with van der Waals surface area (Å²) < 4.78 is 11.7. The van der Waals surface area contributed by atoms with Gasteiger partial charge in [0.2, 0.25) is 0 Å². The van der Waals surface area contributed by atoms with Gasteiger partial charge < -0.3 is 9.47 Å². The number of hydrazone groups is 1. The molecule has 4 rings (SSSR count). The molecule has 30 heavy (non-hydrogen) atoms. The van der Waals surface area contributed by atoms with Crippen LogP contribution in [0.5, 0.6) is 11.5 Å². The number of anilines is 1. The van der Waals surface area contributed by atoms with E-state index in [0.717, 1.165) is 32.3 Å². The molecular formula is C23H19BrN4O2. The van der Waals surface area contributed by atoms with Crippen molar-refractivity contribution in [3.8, 4) is 22.9 Å². The SMILES string of the molecule is COc1ccc(C=NNc2nc(-c3ccc(Br)cc3)nc3ccccc23)c(OC)c1. The van der Waals surface area contributed by atoms with Crippen molar-refractivity contribution in [1.29, 1.82) is 0 Å². The second-order valence-electron chi connectivity index (χ2n) is 6.40. The third kappa shape index (κ3) is 4.26. The van der Waals surface area contributed by atoms with Gasteiger partial charge in [-0.05, 0) is 36.4 Å². The highest BCUT2D eigenvalue weighted by Gasteiger charge is 2.09. The van der Waals surface area contributed by atoms with Crippen molar-refractivity contribution in [2.75, 3.05) is 19.6 Å². The molecule has 3 aromatic carbocycles. The maximum atomic E-state index is 5.42. The topological polar surface area (TPSA) is 68.6 Å². The first-order chi connectivity index (χ1) is 14.7. The molecule has 0 saturated carbocycles. The van der Waals surface area contributed by atoms with Crippen LogP contribution in [0.4, 0.5) is 5.82 Å². The molecule has 1 N–H and O–H groups in total. The van der Waals surface area contributed by atoms with Crippen molar-refractivity contribution >= 4 is 38.9 Å². The van der Waals surface area contributed by atoms with Gasteiger partial charge in [0.25, 0.3) is 0 Å². The lowest BCUT2D eigenvalue weighted by atomic mass is 10.2. The lowest BCUT2D eigenvalue weighted by Gasteiger charge is -2.09. The van der Waals surface area contributed by atoms with E-state index in [1.54, 1.807) is 20.4 Å². The highest BCUT2D eigenvalue weighted by molar-refractivity contribution is 9.10. The minimum atomic E-state index is 0.626. The molecule has 0 radical (unpaired) electrons. The van der Waals surface area contributed by atoms with Crippen molar-refractivity contribution < 1.29 is 9.47 Å². The molecule has 1 aromatic heterocycles. The average Bonchev–Trinajstić information content (AvgIpc) is 2.79. The van der Waals surface area contributed by atoms with E-state index in [2.05, 4.69) is 26.5 Å². The Hall–Kier alpha value is -3.45. The summed E-state index contributed by atoms with van der Waals surface area (Å²) in [6.07, 6.45) is 1.69. The van der Waals surface area contributed by atoms with Crippen LogP contribution in [-0.4, -0.2) is 30.4 Å². The summed E-state index contributed by atoms with van der Waals surface area (Å²) in [5.74, 6) is 2.64. The van der Waals surface area contributed by atoms with E-state index in [9.17, 15) is 0 Å². The Morgan fingerprint density at radius 2 is 1.73 bits per heavy atom. The van der Waals surface area contributed by atoms with Crippen LogP contribution in [0.25, 0.3) is 22.3 Å². The van der Waals surface area contributed by atoms with Gasteiger partial charge in [-0.1, -0.05) is 40.2 Å². The number of benzene rings is 3. The molecule has 7 heteroatoms. The first-order valence-electron chi connectivity index (χ1n) is 9.22. The Bertz CT molecular complexity index is 1210. The van der Waals surface area contributed by atoms with Gasteiger partial charge in [-0.3, -0.25) is 5.43 Å². The molecular weight excluding hydrogens is 444 g/mol. The van der Waals surface area contributed by atoms with Crippen LogP contribution >= 0.6 is 15.9 Å². The fraction of sp³-hybridized carbons (Fsp3) is 0.0870. The van der Waals surface area contributed by atoms with Gasteiger partial charge in [0.15, 0.2) is 11.6 Å². The Balaban J connectivity index is 1.68. The maximum absolute atomic E-state index is 5.42. The van der Waals surface area contributed by atoms with E-state index in [1.165, 1.54) is 0 Å². The Morgan fingerprint density at radius 1 is 0.933 bits per heavy atom. The third-order valence-corrected chi connectivity index (χ3v) is 5.05. The smallest absolute Gasteiger partial charge is 0.162 e. The zero-order valence-corrected chi connectivity index (χ0v) is 18.1. The summed E-state index contributed by atoms with van der Waals surface area (Å²) in [7, 11) is 3.23. The minimum absolute atomic E-state index is 0.626. The first-order valence-corrected chi connectivity index (χ1v) is 10.0. The van der Waals surface area contributed by atoms with Crippen LogP contribution in [0.2, 0.25) is 0 Å². The van der Waals surface area contributed by atoms with Crippen LogP contribution < -0.4 is 14.9 Å². The Labute approximate surface area is 182 Å². The van der Waals surface area contributed by atoms with Crippen LogP contribution in [0.15, 0.2) is 76.3 Å². The minimum Gasteiger partial charge on any atom is -0.497 e. The van der Waals surface area contributed by atoms with Crippen LogP contribution in [0.1, 0.15) is 5.56 Å². The highest BCUT2D eigenvalue weighted by Crippen LogP contribution is 2.26. The number of methoxy groups -OCH3 is 2. The normalized spacial score (nSPS) is 11.0. The van der Waals surface area contributed by atoms with Crippen molar-refractivity contribution in [2.24, 2.45) is 5.10 Å². The molecule has 0 amide bonds. The number of ether oxygens (including phenoxy) is 2. The number of hydrogen-bond donors (Lipinski definition) is 1. The molecule has 6 nitrogen and oxygen atoms in total. The Kier molecular flexibility index (Phi) is 5.90. The van der Waals surface area contributed by atoms with Gasteiger partial charge in [0.1, 0.15) is 11.5 Å². The molecule has 4 aromatic rings.